The molecule has 1 aliphatic heterocycles. The van der Waals surface area contributed by atoms with Crippen molar-refractivity contribution in [1.29, 1.82) is 0 Å². The van der Waals surface area contributed by atoms with Gasteiger partial charge in [-0.05, 0) is 0 Å². The number of hydrogen-bond acceptors (Lipinski definition) is 2. The van der Waals surface area contributed by atoms with Gasteiger partial charge in [-0.1, -0.05) is 7.11 Å². The molecule has 58 valence electrons. The van der Waals surface area contributed by atoms with E-state index in [1.165, 1.54) is 0 Å². The summed E-state index contributed by atoms with van der Waals surface area (Å²) in [7, 11) is 3.35. The first-order chi connectivity index (χ1) is 4.74. The van der Waals surface area contributed by atoms with Crippen LogP contribution in [0.25, 0.3) is 0 Å². The molecule has 1 aliphatic rings. The molecule has 0 aliphatic carbocycles. The molecule has 1 unspecified atom stereocenters. The zero-order valence-electron chi connectivity index (χ0n) is 5.58. The van der Waals surface area contributed by atoms with E-state index < -0.39 is 12.0 Å². The molecule has 0 amide bonds. The van der Waals surface area contributed by atoms with Crippen molar-refractivity contribution in [1.82, 2.24) is 5.32 Å². The van der Waals surface area contributed by atoms with Gasteiger partial charge in [0.25, 0.3) is 0 Å². The van der Waals surface area contributed by atoms with Gasteiger partial charge in [0.15, 0.2) is 0 Å². The lowest BCUT2D eigenvalue weighted by Gasteiger charge is -2.05. The molecule has 0 spiro atoms. The van der Waals surface area contributed by atoms with Crippen molar-refractivity contribution < 1.29 is 14.6 Å². The third-order valence-electron chi connectivity index (χ3n) is 1.66. The van der Waals surface area contributed by atoms with Crippen LogP contribution in [0.3, 0.4) is 0 Å². The molecule has 0 aromatic rings. The smallest absolute Gasteiger partial charge is 0.321 e. The highest BCUT2D eigenvalue weighted by molar-refractivity contribution is 5.73. The number of ether oxygens (including phenoxy) is 1. The largest absolute Gasteiger partial charge is 0.578 e. The van der Waals surface area contributed by atoms with E-state index in [1.54, 1.807) is 0 Å². The minimum Gasteiger partial charge on any atom is -0.578 e. The Morgan fingerprint density at radius 3 is 2.80 bits per heavy atom. The lowest BCUT2D eigenvalue weighted by Crippen LogP contribution is -2.29. The highest BCUT2D eigenvalue weighted by atomic mass is 16.5. The Hall–Kier alpha value is -0.610. The average molecular weight is 145 g/mol. The van der Waals surface area contributed by atoms with Crippen LogP contribution in [-0.4, -0.2) is 34.5 Å². The Morgan fingerprint density at radius 2 is 2.50 bits per heavy atom. The van der Waals surface area contributed by atoms with Crippen LogP contribution in [0.2, 0.25) is 0 Å². The summed E-state index contributed by atoms with van der Waals surface area (Å²) in [6.45, 7) is 0.639. The van der Waals surface area contributed by atoms with E-state index in [1.807, 2.05) is 0 Å². The van der Waals surface area contributed by atoms with Gasteiger partial charge in [0, 0.05) is 6.42 Å². The summed E-state index contributed by atoms with van der Waals surface area (Å²) in [5, 5.41) is 11.3. The summed E-state index contributed by atoms with van der Waals surface area (Å²) < 4.78 is 3.74. The molecule has 3 N–H and O–H groups in total. The molecule has 10 heavy (non-hydrogen) atoms. The Labute approximate surface area is 59.2 Å². The summed E-state index contributed by atoms with van der Waals surface area (Å²) in [5.41, 5.74) is 0. The Balaban J connectivity index is 2.35. The number of rotatable bonds is 2. The molecule has 0 bridgehead atoms. The van der Waals surface area contributed by atoms with Gasteiger partial charge in [-0.15, -0.1) is 0 Å². The third-order valence-corrected chi connectivity index (χ3v) is 1.66. The van der Waals surface area contributed by atoms with E-state index in [2.05, 4.69) is 17.2 Å². The Bertz CT molecular complexity index is 137. The summed E-state index contributed by atoms with van der Waals surface area (Å²) in [4.78, 5) is 10.3. The molecule has 2 atom stereocenters. The molecular weight excluding hydrogens is 134 g/mol. The van der Waals surface area contributed by atoms with Crippen LogP contribution in [0.1, 0.15) is 6.42 Å². The number of aliphatic hydroxyl groups is 2. The Morgan fingerprint density at radius 1 is 1.80 bits per heavy atom. The van der Waals surface area contributed by atoms with Crippen molar-refractivity contribution in [3.05, 3.63) is 7.11 Å². The molecule has 1 rings (SSSR count). The van der Waals surface area contributed by atoms with Crippen molar-refractivity contribution in [3.8, 4) is 0 Å². The second-order valence-corrected chi connectivity index (χ2v) is 2.37. The number of aliphatic carboxylic acids is 1. The average Bonchev–Trinajstić information content (AvgIpc) is 2.34. The first-order valence-corrected chi connectivity index (χ1v) is 3.16. The van der Waals surface area contributed by atoms with Gasteiger partial charge in [-0.2, -0.15) is 0 Å². The zero-order valence-corrected chi connectivity index (χ0v) is 5.58. The van der Waals surface area contributed by atoms with Gasteiger partial charge in [0.2, 0.25) is 0 Å². The quantitative estimate of drug-likeness (QED) is 0.392. The second-order valence-electron chi connectivity index (χ2n) is 2.37. The van der Waals surface area contributed by atoms with Gasteiger partial charge in [-0.3, -0.25) is 10.1 Å². The van der Waals surface area contributed by atoms with Crippen LogP contribution >= 0.6 is 0 Å². The van der Waals surface area contributed by atoms with Gasteiger partial charge in [0.05, 0.1) is 6.54 Å². The normalized spacial score (nSPS) is 32.5. The highest BCUT2D eigenvalue weighted by Crippen LogP contribution is 2.07. The predicted octanol–water partition coefficient (Wildman–Crippen LogP) is -0.879. The summed E-state index contributed by atoms with van der Waals surface area (Å²) >= 11 is 0. The minimum atomic E-state index is -0.800. The van der Waals surface area contributed by atoms with Crippen molar-refractivity contribution in [2.24, 2.45) is 0 Å². The number of carbonyl (C=O) groups is 1. The first kappa shape index (κ1) is 7.50. The second kappa shape index (κ2) is 2.98. The van der Waals surface area contributed by atoms with Crippen molar-refractivity contribution in [2.45, 2.75) is 18.6 Å². The molecule has 1 saturated heterocycles. The van der Waals surface area contributed by atoms with Crippen molar-refractivity contribution >= 4 is 5.97 Å². The summed E-state index contributed by atoms with van der Waals surface area (Å²) in [6, 6.07) is -0.421. The molecule has 1 fully saturated rings. The predicted molar refractivity (Wildman–Crippen MR) is 35.4 cm³/mol. The van der Waals surface area contributed by atoms with Gasteiger partial charge in [-0.25, -0.2) is 0 Å². The first-order valence-electron chi connectivity index (χ1n) is 3.16. The van der Waals surface area contributed by atoms with Gasteiger partial charge >= 0.3 is 5.97 Å². The number of nitrogens with one attached hydrogen (secondary N) is 1. The van der Waals surface area contributed by atoms with Crippen LogP contribution in [0.15, 0.2) is 0 Å². The van der Waals surface area contributed by atoms with E-state index >= 15 is 0 Å². The number of hydrogen-bond donors (Lipinski definition) is 2. The molecule has 4 nitrogen and oxygen atoms in total. The van der Waals surface area contributed by atoms with Crippen LogP contribution < -0.4 is 5.32 Å². The summed E-state index contributed by atoms with van der Waals surface area (Å²) in [6.07, 6.45) is 0.653. The maximum atomic E-state index is 10.3. The fraction of sp³-hybridized carbons (Fsp3) is 0.667. The number of carboxylic acid groups (broad SMARTS) is 1. The molecule has 0 aromatic heterocycles. The molecule has 0 radical (unpaired) electrons. The van der Waals surface area contributed by atoms with E-state index in [9.17, 15) is 4.79 Å². The van der Waals surface area contributed by atoms with Crippen LogP contribution in [0.4, 0.5) is 0 Å². The van der Waals surface area contributed by atoms with Crippen LogP contribution in [-0.2, 0) is 4.79 Å². The third kappa shape index (κ3) is 1.46. The van der Waals surface area contributed by atoms with Crippen LogP contribution in [0, 0.1) is 7.11 Å². The highest BCUT2D eigenvalue weighted by Gasteiger charge is 2.30. The van der Waals surface area contributed by atoms with Crippen LogP contribution in [0.5, 0.6) is 0 Å². The standard InChI is InChI=1S/C6H11NO3/c1-10-4-2-5(6(8)9)7-3-4/h4-5,7,10H,1-3H2,(H,8,9)/t4?,5-/m0/s1. The minimum absolute atomic E-state index is 0.0844. The van der Waals surface area contributed by atoms with E-state index in [0.29, 0.717) is 13.0 Å². The molecule has 1 heterocycles. The summed E-state index contributed by atoms with van der Waals surface area (Å²) in [5.74, 6) is -0.800. The van der Waals surface area contributed by atoms with Crippen molar-refractivity contribution in [2.75, 3.05) is 6.54 Å². The molecule has 0 aromatic carbocycles. The van der Waals surface area contributed by atoms with Crippen molar-refractivity contribution in [3.63, 3.8) is 0 Å². The van der Waals surface area contributed by atoms with Gasteiger partial charge in [0.1, 0.15) is 12.1 Å². The van der Waals surface area contributed by atoms with E-state index in [-0.39, 0.29) is 6.10 Å². The monoisotopic (exact) mass is 145 g/mol. The molecular formula is C6H11NO3. The lowest BCUT2D eigenvalue weighted by atomic mass is 10.2. The molecule has 0 saturated carbocycles. The number of carboxylic acids is 1. The van der Waals surface area contributed by atoms with E-state index in [0.717, 1.165) is 0 Å². The lowest BCUT2D eigenvalue weighted by molar-refractivity contribution is -0.139. The zero-order chi connectivity index (χ0) is 7.56. The molecule has 4 heteroatoms. The SMILES string of the molecule is [CH2-][OH+]C1CN[C@H](C(=O)O)C1. The maximum Gasteiger partial charge on any atom is 0.321 e. The Kier molecular flexibility index (Phi) is 2.24. The fourth-order valence-electron chi connectivity index (χ4n) is 1.04. The maximum absolute atomic E-state index is 10.3. The van der Waals surface area contributed by atoms with E-state index in [4.69, 9.17) is 5.11 Å². The van der Waals surface area contributed by atoms with Gasteiger partial charge < -0.3 is 9.84 Å². The fourth-order valence-corrected chi connectivity index (χ4v) is 1.04. The topological polar surface area (TPSA) is 62.1 Å².